The molecule has 0 aliphatic carbocycles. The van der Waals surface area contributed by atoms with Crippen LogP contribution in [0, 0.1) is 6.92 Å². The van der Waals surface area contributed by atoms with Gasteiger partial charge in [0.05, 0.1) is 18.3 Å². The molecule has 7 heteroatoms. The van der Waals surface area contributed by atoms with Gasteiger partial charge in [-0.1, -0.05) is 12.1 Å². The molecule has 0 fully saturated rings. The summed E-state index contributed by atoms with van der Waals surface area (Å²) in [6, 6.07) is 8.87. The third-order valence-corrected chi connectivity index (χ3v) is 4.46. The molecule has 2 aromatic rings. The lowest BCUT2D eigenvalue weighted by Gasteiger charge is -2.31. The standard InChI is InChI=1S/C20H26N4O3/c1-13(2)27-17-7-5-16(6-8-17)12-21-20(26)15(4)24-18-11-14(3)22-23(18)10-9-19(24)25/h5-8,11,13,15H,9-10,12H2,1-4H3,(H,21,26). The second-order valence-corrected chi connectivity index (χ2v) is 7.09. The second kappa shape index (κ2) is 7.82. The van der Waals surface area contributed by atoms with E-state index in [4.69, 9.17) is 4.74 Å². The van der Waals surface area contributed by atoms with Gasteiger partial charge in [0.2, 0.25) is 11.8 Å². The summed E-state index contributed by atoms with van der Waals surface area (Å²) in [6.07, 6.45) is 0.471. The van der Waals surface area contributed by atoms with E-state index in [1.165, 1.54) is 0 Å². The van der Waals surface area contributed by atoms with Crippen LogP contribution in [0.2, 0.25) is 0 Å². The van der Waals surface area contributed by atoms with Crippen molar-refractivity contribution in [3.05, 3.63) is 41.6 Å². The van der Waals surface area contributed by atoms with E-state index in [2.05, 4.69) is 10.4 Å². The smallest absolute Gasteiger partial charge is 0.243 e. The highest BCUT2D eigenvalue weighted by molar-refractivity contribution is 6.00. The minimum absolute atomic E-state index is 0.0553. The van der Waals surface area contributed by atoms with Gasteiger partial charge in [0.25, 0.3) is 0 Å². The Bertz CT molecular complexity index is 826. The maximum atomic E-state index is 12.6. The molecule has 144 valence electrons. The molecule has 0 spiro atoms. The predicted molar refractivity (Wildman–Crippen MR) is 103 cm³/mol. The largest absolute Gasteiger partial charge is 0.491 e. The second-order valence-electron chi connectivity index (χ2n) is 7.09. The maximum absolute atomic E-state index is 12.6. The molecule has 1 N–H and O–H groups in total. The molecule has 0 saturated heterocycles. The molecule has 1 unspecified atom stereocenters. The number of hydrogen-bond donors (Lipinski definition) is 1. The van der Waals surface area contributed by atoms with Gasteiger partial charge in [0, 0.05) is 19.0 Å². The zero-order valence-corrected chi connectivity index (χ0v) is 16.2. The van der Waals surface area contributed by atoms with E-state index in [1.54, 1.807) is 16.5 Å². The fourth-order valence-electron chi connectivity index (χ4n) is 3.17. The van der Waals surface area contributed by atoms with E-state index in [0.717, 1.165) is 17.0 Å². The van der Waals surface area contributed by atoms with E-state index < -0.39 is 6.04 Å². The summed E-state index contributed by atoms with van der Waals surface area (Å²) in [4.78, 5) is 26.6. The minimum Gasteiger partial charge on any atom is -0.491 e. The van der Waals surface area contributed by atoms with Crippen molar-refractivity contribution >= 4 is 17.6 Å². The Kier molecular flexibility index (Phi) is 5.48. The van der Waals surface area contributed by atoms with E-state index in [9.17, 15) is 9.59 Å². The Morgan fingerprint density at radius 2 is 1.96 bits per heavy atom. The van der Waals surface area contributed by atoms with Crippen molar-refractivity contribution < 1.29 is 14.3 Å². The Morgan fingerprint density at radius 3 is 2.63 bits per heavy atom. The highest BCUT2D eigenvalue weighted by atomic mass is 16.5. The lowest BCUT2D eigenvalue weighted by atomic mass is 10.1. The Labute approximate surface area is 159 Å². The number of rotatable bonds is 6. The van der Waals surface area contributed by atoms with E-state index in [-0.39, 0.29) is 17.9 Å². The van der Waals surface area contributed by atoms with Crippen molar-refractivity contribution in [1.29, 1.82) is 0 Å². The zero-order valence-electron chi connectivity index (χ0n) is 16.2. The van der Waals surface area contributed by atoms with Crippen molar-refractivity contribution in [2.45, 2.75) is 59.4 Å². The number of hydrogen-bond acceptors (Lipinski definition) is 4. The number of carbonyl (C=O) groups is 2. The Morgan fingerprint density at radius 1 is 1.26 bits per heavy atom. The van der Waals surface area contributed by atoms with Crippen molar-refractivity contribution in [3.63, 3.8) is 0 Å². The molecule has 2 amide bonds. The number of ether oxygens (including phenoxy) is 1. The van der Waals surface area contributed by atoms with Gasteiger partial charge in [-0.3, -0.25) is 14.5 Å². The molecule has 1 aliphatic heterocycles. The van der Waals surface area contributed by atoms with Crippen molar-refractivity contribution in [2.75, 3.05) is 4.90 Å². The average Bonchev–Trinajstić information content (AvgIpc) is 3.00. The summed E-state index contributed by atoms with van der Waals surface area (Å²) in [6.45, 7) is 8.52. The molecular formula is C20H26N4O3. The molecule has 1 aliphatic rings. The van der Waals surface area contributed by atoms with Gasteiger partial charge in [0.15, 0.2) is 0 Å². The molecule has 0 radical (unpaired) electrons. The maximum Gasteiger partial charge on any atom is 0.243 e. The fourth-order valence-corrected chi connectivity index (χ4v) is 3.17. The summed E-state index contributed by atoms with van der Waals surface area (Å²) in [7, 11) is 0. The first kappa shape index (κ1) is 18.9. The van der Waals surface area contributed by atoms with E-state index in [0.29, 0.717) is 25.3 Å². The third-order valence-electron chi connectivity index (χ3n) is 4.46. The molecule has 27 heavy (non-hydrogen) atoms. The van der Waals surface area contributed by atoms with Crippen LogP contribution < -0.4 is 15.0 Å². The van der Waals surface area contributed by atoms with Crippen LogP contribution in [-0.4, -0.2) is 33.7 Å². The Balaban J connectivity index is 1.63. The number of aromatic nitrogens is 2. The average molecular weight is 370 g/mol. The number of aryl methyl sites for hydroxylation is 2. The van der Waals surface area contributed by atoms with Crippen LogP contribution in [0.15, 0.2) is 30.3 Å². The number of amides is 2. The number of carbonyl (C=O) groups excluding carboxylic acids is 2. The molecule has 2 heterocycles. The number of nitrogens with one attached hydrogen (secondary N) is 1. The molecular weight excluding hydrogens is 344 g/mol. The van der Waals surface area contributed by atoms with Gasteiger partial charge >= 0.3 is 0 Å². The molecule has 1 aromatic heterocycles. The van der Waals surface area contributed by atoms with Crippen molar-refractivity contribution in [2.24, 2.45) is 0 Å². The van der Waals surface area contributed by atoms with Gasteiger partial charge in [-0.25, -0.2) is 4.68 Å². The van der Waals surface area contributed by atoms with Gasteiger partial charge in [-0.15, -0.1) is 0 Å². The molecule has 1 aromatic carbocycles. The lowest BCUT2D eigenvalue weighted by molar-refractivity contribution is -0.126. The van der Waals surface area contributed by atoms with Crippen LogP contribution >= 0.6 is 0 Å². The van der Waals surface area contributed by atoms with Gasteiger partial charge in [0.1, 0.15) is 17.6 Å². The van der Waals surface area contributed by atoms with Crippen molar-refractivity contribution in [3.8, 4) is 5.75 Å². The number of fused-ring (bicyclic) bond motifs is 1. The molecule has 0 bridgehead atoms. The number of nitrogens with zero attached hydrogens (tertiary/aromatic N) is 3. The number of benzene rings is 1. The summed E-state index contributed by atoms with van der Waals surface area (Å²) in [5.74, 6) is 1.23. The predicted octanol–water partition coefficient (Wildman–Crippen LogP) is 2.42. The number of anilines is 1. The zero-order chi connectivity index (χ0) is 19.6. The van der Waals surface area contributed by atoms with Gasteiger partial charge < -0.3 is 10.1 Å². The first-order valence-corrected chi connectivity index (χ1v) is 9.25. The highest BCUT2D eigenvalue weighted by Crippen LogP contribution is 2.24. The monoisotopic (exact) mass is 370 g/mol. The fraction of sp³-hybridized carbons (Fsp3) is 0.450. The first-order chi connectivity index (χ1) is 12.8. The molecule has 0 saturated carbocycles. The van der Waals surface area contributed by atoms with Crippen LogP contribution in [0.1, 0.15) is 38.4 Å². The topological polar surface area (TPSA) is 76.5 Å². The molecule has 7 nitrogen and oxygen atoms in total. The molecule has 1 atom stereocenters. The highest BCUT2D eigenvalue weighted by Gasteiger charge is 2.32. The third kappa shape index (κ3) is 4.30. The van der Waals surface area contributed by atoms with Crippen molar-refractivity contribution in [1.82, 2.24) is 15.1 Å². The lowest BCUT2D eigenvalue weighted by Crippen LogP contribution is -2.50. The first-order valence-electron chi connectivity index (χ1n) is 9.25. The van der Waals surface area contributed by atoms with Crippen LogP contribution in [0.3, 0.4) is 0 Å². The van der Waals surface area contributed by atoms with E-state index in [1.807, 2.05) is 51.1 Å². The van der Waals surface area contributed by atoms with Gasteiger partial charge in [-0.05, 0) is 45.4 Å². The quantitative estimate of drug-likeness (QED) is 0.847. The van der Waals surface area contributed by atoms with Crippen LogP contribution in [0.25, 0.3) is 0 Å². The normalized spacial score (nSPS) is 14.9. The molecule has 3 rings (SSSR count). The summed E-state index contributed by atoms with van der Waals surface area (Å²) in [5.41, 5.74) is 1.80. The summed E-state index contributed by atoms with van der Waals surface area (Å²) in [5, 5.41) is 7.29. The van der Waals surface area contributed by atoms with Crippen LogP contribution in [0.4, 0.5) is 5.82 Å². The SMILES string of the molecule is Cc1cc2n(n1)CCC(=O)N2C(C)C(=O)NCc1ccc(OC(C)C)cc1. The van der Waals surface area contributed by atoms with Crippen LogP contribution in [0.5, 0.6) is 5.75 Å². The Hall–Kier alpha value is -2.83. The van der Waals surface area contributed by atoms with Crippen LogP contribution in [-0.2, 0) is 22.7 Å². The summed E-state index contributed by atoms with van der Waals surface area (Å²) >= 11 is 0. The van der Waals surface area contributed by atoms with Gasteiger partial charge in [-0.2, -0.15) is 5.10 Å². The minimum atomic E-state index is -0.601. The van der Waals surface area contributed by atoms with E-state index >= 15 is 0 Å². The summed E-state index contributed by atoms with van der Waals surface area (Å²) < 4.78 is 7.41.